The number of anilines is 1. The predicted molar refractivity (Wildman–Crippen MR) is 85.3 cm³/mol. The number of halogens is 3. The summed E-state index contributed by atoms with van der Waals surface area (Å²) < 4.78 is 38.0. The van der Waals surface area contributed by atoms with Gasteiger partial charge in [0.15, 0.2) is 0 Å². The molecular formula is C15H14F3N3O3S. The highest BCUT2D eigenvalue weighted by Gasteiger charge is 2.30. The molecule has 6 nitrogen and oxygen atoms in total. The van der Waals surface area contributed by atoms with E-state index in [2.05, 4.69) is 5.32 Å². The number of primary amides is 1. The van der Waals surface area contributed by atoms with Crippen LogP contribution in [0.2, 0.25) is 0 Å². The van der Waals surface area contributed by atoms with E-state index in [9.17, 15) is 28.0 Å². The minimum Gasteiger partial charge on any atom is -0.365 e. The second kappa shape index (κ2) is 7.11. The zero-order valence-electron chi connectivity index (χ0n) is 12.9. The number of benzene rings is 1. The standard InChI is InChI=1S/C15H14F3N3O3S/c1-8(11-5-6-12(25-11)13(19)22)21(24)14(23)20-10-4-2-3-9(7-10)15(16,17)18/h2-8,24H,1H3,(H2,19,22)(H,20,23). The van der Waals surface area contributed by atoms with E-state index in [1.165, 1.54) is 25.1 Å². The molecule has 0 saturated heterocycles. The number of alkyl halides is 3. The van der Waals surface area contributed by atoms with Gasteiger partial charge in [0.05, 0.1) is 16.5 Å². The topological polar surface area (TPSA) is 95.7 Å². The zero-order chi connectivity index (χ0) is 18.8. The molecule has 10 heteroatoms. The van der Waals surface area contributed by atoms with Gasteiger partial charge < -0.3 is 11.1 Å². The molecule has 134 valence electrons. The van der Waals surface area contributed by atoms with Crippen LogP contribution in [0.1, 0.15) is 33.1 Å². The molecule has 3 amide bonds. The minimum absolute atomic E-state index is 0.116. The number of thiophene rings is 1. The third kappa shape index (κ3) is 4.48. The van der Waals surface area contributed by atoms with Gasteiger partial charge in [-0.2, -0.15) is 18.2 Å². The monoisotopic (exact) mass is 373 g/mol. The smallest absolute Gasteiger partial charge is 0.365 e. The lowest BCUT2D eigenvalue weighted by atomic mass is 10.2. The maximum atomic E-state index is 12.7. The molecule has 1 aromatic carbocycles. The summed E-state index contributed by atoms with van der Waals surface area (Å²) in [5.74, 6) is -0.638. The van der Waals surface area contributed by atoms with Crippen molar-refractivity contribution < 1.29 is 28.0 Å². The Hall–Kier alpha value is -2.59. The van der Waals surface area contributed by atoms with Crippen LogP contribution in [0.3, 0.4) is 0 Å². The summed E-state index contributed by atoms with van der Waals surface area (Å²) in [6, 6.07) is 5.17. The van der Waals surface area contributed by atoms with E-state index < -0.39 is 29.7 Å². The maximum absolute atomic E-state index is 12.7. The number of amides is 3. The van der Waals surface area contributed by atoms with Crippen LogP contribution in [-0.2, 0) is 6.18 Å². The van der Waals surface area contributed by atoms with E-state index in [1.54, 1.807) is 0 Å². The highest BCUT2D eigenvalue weighted by Crippen LogP contribution is 2.31. The molecule has 4 N–H and O–H groups in total. The summed E-state index contributed by atoms with van der Waals surface area (Å²) in [4.78, 5) is 23.8. The van der Waals surface area contributed by atoms with Crippen molar-refractivity contribution in [3.63, 3.8) is 0 Å². The summed E-state index contributed by atoms with van der Waals surface area (Å²) in [6.45, 7) is 1.49. The Labute approximate surface area is 144 Å². The lowest BCUT2D eigenvalue weighted by Gasteiger charge is -2.22. The molecule has 0 aliphatic carbocycles. The number of rotatable bonds is 4. The van der Waals surface area contributed by atoms with Crippen molar-refractivity contribution in [1.82, 2.24) is 5.06 Å². The van der Waals surface area contributed by atoms with Gasteiger partial charge in [-0.3, -0.25) is 10.0 Å². The second-order valence-corrected chi connectivity index (χ2v) is 6.21. The number of hydrogen-bond acceptors (Lipinski definition) is 4. The molecule has 1 unspecified atom stereocenters. The zero-order valence-corrected chi connectivity index (χ0v) is 13.7. The van der Waals surface area contributed by atoms with Gasteiger partial charge in [0.25, 0.3) is 5.91 Å². The third-order valence-electron chi connectivity index (χ3n) is 3.30. The Morgan fingerprint density at radius 2 is 1.96 bits per heavy atom. The highest BCUT2D eigenvalue weighted by molar-refractivity contribution is 7.14. The van der Waals surface area contributed by atoms with Gasteiger partial charge >= 0.3 is 12.2 Å². The van der Waals surface area contributed by atoms with E-state index in [0.717, 1.165) is 29.5 Å². The van der Waals surface area contributed by atoms with Gasteiger partial charge in [-0.25, -0.2) is 4.79 Å². The molecule has 0 saturated carbocycles. The van der Waals surface area contributed by atoms with Crippen molar-refractivity contribution in [3.05, 3.63) is 51.7 Å². The first-order chi connectivity index (χ1) is 11.6. The fourth-order valence-electron chi connectivity index (χ4n) is 1.96. The van der Waals surface area contributed by atoms with Crippen molar-refractivity contribution in [2.45, 2.75) is 19.1 Å². The van der Waals surface area contributed by atoms with Crippen LogP contribution in [-0.4, -0.2) is 22.2 Å². The summed E-state index contributed by atoms with van der Waals surface area (Å²) in [5, 5.41) is 12.5. The van der Waals surface area contributed by atoms with Crippen molar-refractivity contribution in [2.75, 3.05) is 5.32 Å². The summed E-state index contributed by atoms with van der Waals surface area (Å²) in [7, 11) is 0. The molecule has 0 bridgehead atoms. The van der Waals surface area contributed by atoms with Crippen LogP contribution in [0.15, 0.2) is 36.4 Å². The molecule has 0 radical (unpaired) electrons. The Kier molecular flexibility index (Phi) is 5.33. The molecule has 0 aliphatic rings. The third-order valence-corrected chi connectivity index (χ3v) is 4.57. The molecule has 0 aliphatic heterocycles. The lowest BCUT2D eigenvalue weighted by molar-refractivity contribution is -0.137. The highest BCUT2D eigenvalue weighted by atomic mass is 32.1. The van der Waals surface area contributed by atoms with Crippen LogP contribution in [0.25, 0.3) is 0 Å². The van der Waals surface area contributed by atoms with Gasteiger partial charge in [0.2, 0.25) is 0 Å². The molecule has 25 heavy (non-hydrogen) atoms. The fourth-order valence-corrected chi connectivity index (χ4v) is 2.86. The summed E-state index contributed by atoms with van der Waals surface area (Å²) in [6.07, 6.45) is -4.55. The normalized spacial score (nSPS) is 12.5. The molecule has 1 atom stereocenters. The number of hydrogen-bond donors (Lipinski definition) is 3. The average molecular weight is 373 g/mol. The maximum Gasteiger partial charge on any atom is 0.416 e. The lowest BCUT2D eigenvalue weighted by Crippen LogP contribution is -2.34. The number of nitrogens with two attached hydrogens (primary N) is 1. The first-order valence-electron chi connectivity index (χ1n) is 6.95. The van der Waals surface area contributed by atoms with E-state index in [0.29, 0.717) is 9.94 Å². The van der Waals surface area contributed by atoms with Crippen molar-refractivity contribution in [2.24, 2.45) is 5.73 Å². The van der Waals surface area contributed by atoms with Crippen molar-refractivity contribution >= 4 is 29.0 Å². The first kappa shape index (κ1) is 18.7. The van der Waals surface area contributed by atoms with Crippen LogP contribution in [0.4, 0.5) is 23.7 Å². The predicted octanol–water partition coefficient (Wildman–Crippen LogP) is 3.85. The number of nitrogens with one attached hydrogen (secondary N) is 1. The Bertz CT molecular complexity index is 792. The van der Waals surface area contributed by atoms with E-state index in [1.807, 2.05) is 0 Å². The number of hydroxylamine groups is 2. The summed E-state index contributed by atoms with van der Waals surface area (Å²) >= 11 is 1.00. The number of nitrogens with zero attached hydrogens (tertiary/aromatic N) is 1. The van der Waals surface area contributed by atoms with Crippen molar-refractivity contribution in [1.29, 1.82) is 0 Å². The Balaban J connectivity index is 2.10. The molecule has 2 aromatic rings. The number of carbonyl (C=O) groups excluding carboxylic acids is 2. The summed E-state index contributed by atoms with van der Waals surface area (Å²) in [5.41, 5.74) is 4.10. The Morgan fingerprint density at radius 1 is 1.28 bits per heavy atom. The van der Waals surface area contributed by atoms with Crippen LogP contribution < -0.4 is 11.1 Å². The number of carbonyl (C=O) groups is 2. The largest absolute Gasteiger partial charge is 0.416 e. The quantitative estimate of drug-likeness (QED) is 0.561. The molecular weight excluding hydrogens is 359 g/mol. The number of urea groups is 1. The molecule has 1 heterocycles. The van der Waals surface area contributed by atoms with Gasteiger partial charge in [0.1, 0.15) is 0 Å². The van der Waals surface area contributed by atoms with Gasteiger partial charge in [-0.05, 0) is 37.3 Å². The van der Waals surface area contributed by atoms with E-state index in [4.69, 9.17) is 5.73 Å². The van der Waals surface area contributed by atoms with Crippen LogP contribution >= 0.6 is 11.3 Å². The average Bonchev–Trinajstić information content (AvgIpc) is 3.03. The fraction of sp³-hybridized carbons (Fsp3) is 0.200. The van der Waals surface area contributed by atoms with Gasteiger partial charge in [-0.1, -0.05) is 6.07 Å². The first-order valence-corrected chi connectivity index (χ1v) is 7.77. The molecule has 0 fully saturated rings. The SMILES string of the molecule is CC(c1ccc(C(N)=O)s1)N(O)C(=O)Nc1cccc(C(F)(F)F)c1. The van der Waals surface area contributed by atoms with Crippen molar-refractivity contribution in [3.8, 4) is 0 Å². The minimum atomic E-state index is -4.55. The van der Waals surface area contributed by atoms with Crippen LogP contribution in [0, 0.1) is 0 Å². The van der Waals surface area contributed by atoms with E-state index in [-0.39, 0.29) is 10.6 Å². The second-order valence-electron chi connectivity index (χ2n) is 5.10. The van der Waals surface area contributed by atoms with Crippen LogP contribution in [0.5, 0.6) is 0 Å². The Morgan fingerprint density at radius 3 is 2.52 bits per heavy atom. The molecule has 1 aromatic heterocycles. The molecule has 2 rings (SSSR count). The molecule has 0 spiro atoms. The van der Waals surface area contributed by atoms with Gasteiger partial charge in [-0.15, -0.1) is 11.3 Å². The van der Waals surface area contributed by atoms with Gasteiger partial charge in [0, 0.05) is 10.6 Å². The van der Waals surface area contributed by atoms with E-state index >= 15 is 0 Å².